The summed E-state index contributed by atoms with van der Waals surface area (Å²) in [6, 6.07) is 5.92. The van der Waals surface area contributed by atoms with Crippen LogP contribution in [0.25, 0.3) is 11.3 Å². The van der Waals surface area contributed by atoms with E-state index < -0.39 is 0 Å². The molecule has 0 fully saturated rings. The van der Waals surface area contributed by atoms with Crippen molar-refractivity contribution in [3.05, 3.63) is 34.7 Å². The average Bonchev–Trinajstić information content (AvgIpc) is 2.66. The van der Waals surface area contributed by atoms with Gasteiger partial charge in [-0.1, -0.05) is 12.2 Å². The first-order valence-corrected chi connectivity index (χ1v) is 6.61. The van der Waals surface area contributed by atoms with Crippen molar-refractivity contribution in [1.82, 2.24) is 9.97 Å². The number of ether oxygens (including phenoxy) is 2. The summed E-state index contributed by atoms with van der Waals surface area (Å²) in [6.07, 6.45) is 2.52. The van der Waals surface area contributed by atoms with E-state index in [4.69, 9.17) is 21.7 Å². The molecule has 0 radical (unpaired) electrons. The van der Waals surface area contributed by atoms with Gasteiger partial charge in [-0.2, -0.15) is 0 Å². The lowest BCUT2D eigenvalue weighted by Gasteiger charge is -2.10. The van der Waals surface area contributed by atoms with Crippen LogP contribution in [0.5, 0.6) is 11.5 Å². The third-order valence-corrected chi connectivity index (χ3v) is 3.53. The Morgan fingerprint density at radius 2 is 2.00 bits per heavy atom. The molecule has 0 amide bonds. The summed E-state index contributed by atoms with van der Waals surface area (Å²) in [5.74, 6) is 1.58. The summed E-state index contributed by atoms with van der Waals surface area (Å²) in [5.41, 5.74) is 2.96. The van der Waals surface area contributed by atoms with E-state index in [1.165, 1.54) is 0 Å². The number of aromatic nitrogens is 2. The summed E-state index contributed by atoms with van der Waals surface area (Å²) in [5, 5.41) is 0. The zero-order valence-electron chi connectivity index (χ0n) is 10.6. The van der Waals surface area contributed by atoms with E-state index >= 15 is 0 Å². The highest BCUT2D eigenvalue weighted by atomic mass is 32.1. The van der Waals surface area contributed by atoms with Crippen molar-refractivity contribution in [2.45, 2.75) is 13.3 Å². The Labute approximate surface area is 116 Å². The molecule has 2 aromatic rings. The average molecular weight is 274 g/mol. The van der Waals surface area contributed by atoms with Crippen LogP contribution < -0.4 is 9.47 Å². The molecule has 0 aliphatic carbocycles. The molecule has 2 heterocycles. The molecule has 1 aliphatic heterocycles. The maximum Gasteiger partial charge on any atom is 0.161 e. The topological polar surface area (TPSA) is 47.1 Å². The quantitative estimate of drug-likeness (QED) is 0.811. The van der Waals surface area contributed by atoms with Gasteiger partial charge in [0, 0.05) is 17.5 Å². The number of hydrogen-bond acceptors (Lipinski definition) is 4. The van der Waals surface area contributed by atoms with Gasteiger partial charge in [-0.15, -0.1) is 0 Å². The van der Waals surface area contributed by atoms with Gasteiger partial charge < -0.3 is 14.5 Å². The van der Waals surface area contributed by atoms with Gasteiger partial charge in [0.25, 0.3) is 0 Å². The van der Waals surface area contributed by atoms with Crippen molar-refractivity contribution >= 4 is 12.2 Å². The van der Waals surface area contributed by atoms with Crippen LogP contribution in [0.15, 0.2) is 24.5 Å². The molecular weight excluding hydrogens is 260 g/mol. The Morgan fingerprint density at radius 3 is 2.84 bits per heavy atom. The van der Waals surface area contributed by atoms with Gasteiger partial charge in [0.15, 0.2) is 11.5 Å². The van der Waals surface area contributed by atoms with Crippen LogP contribution in [-0.2, 0) is 0 Å². The molecule has 1 aliphatic rings. The van der Waals surface area contributed by atoms with Gasteiger partial charge in [0.2, 0.25) is 0 Å². The number of fused-ring (bicyclic) bond motifs is 1. The number of hydrogen-bond donors (Lipinski definition) is 1. The van der Waals surface area contributed by atoms with Crippen LogP contribution in [0.3, 0.4) is 0 Å². The second-order valence-electron chi connectivity index (χ2n) is 4.42. The van der Waals surface area contributed by atoms with Crippen LogP contribution in [0.2, 0.25) is 0 Å². The van der Waals surface area contributed by atoms with Crippen molar-refractivity contribution in [1.29, 1.82) is 0 Å². The van der Waals surface area contributed by atoms with Crippen molar-refractivity contribution < 1.29 is 9.47 Å². The number of nitrogens with one attached hydrogen (secondary N) is 1. The van der Waals surface area contributed by atoms with Gasteiger partial charge in [-0.3, -0.25) is 0 Å². The third-order valence-electron chi connectivity index (χ3n) is 3.12. The Morgan fingerprint density at radius 1 is 1.21 bits per heavy atom. The second kappa shape index (κ2) is 5.01. The Hall–Kier alpha value is -1.88. The van der Waals surface area contributed by atoms with E-state index in [0.29, 0.717) is 17.9 Å². The molecule has 4 nitrogen and oxygen atoms in total. The number of benzene rings is 1. The molecular formula is C14H14N2O2S. The van der Waals surface area contributed by atoms with E-state index in [0.717, 1.165) is 34.7 Å². The predicted molar refractivity (Wildman–Crippen MR) is 75.2 cm³/mol. The molecule has 0 unspecified atom stereocenters. The maximum absolute atomic E-state index is 5.70. The fourth-order valence-corrected chi connectivity index (χ4v) is 2.24. The lowest BCUT2D eigenvalue weighted by molar-refractivity contribution is 0.297. The first-order chi connectivity index (χ1) is 9.25. The van der Waals surface area contributed by atoms with Crippen molar-refractivity contribution in [2.75, 3.05) is 13.2 Å². The Kier molecular flexibility index (Phi) is 3.21. The van der Waals surface area contributed by atoms with Crippen LogP contribution in [0.1, 0.15) is 12.0 Å². The maximum atomic E-state index is 5.70. The van der Waals surface area contributed by atoms with Crippen LogP contribution in [-0.4, -0.2) is 23.2 Å². The minimum Gasteiger partial charge on any atom is -0.490 e. The fourth-order valence-electron chi connectivity index (χ4n) is 2.09. The normalized spacial score (nSPS) is 13.9. The lowest BCUT2D eigenvalue weighted by Crippen LogP contribution is -1.97. The molecule has 0 saturated carbocycles. The molecule has 19 heavy (non-hydrogen) atoms. The highest BCUT2D eigenvalue weighted by Crippen LogP contribution is 2.34. The highest BCUT2D eigenvalue weighted by molar-refractivity contribution is 7.71. The zero-order valence-corrected chi connectivity index (χ0v) is 11.4. The van der Waals surface area contributed by atoms with Crippen molar-refractivity contribution in [3.8, 4) is 22.8 Å². The molecule has 5 heteroatoms. The van der Waals surface area contributed by atoms with Crippen LogP contribution in [0, 0.1) is 11.6 Å². The molecule has 98 valence electrons. The molecule has 0 atom stereocenters. The minimum absolute atomic E-state index is 0.612. The van der Waals surface area contributed by atoms with Crippen LogP contribution in [0.4, 0.5) is 0 Å². The predicted octanol–water partition coefficient (Wildman–Crippen LogP) is 3.28. The first-order valence-electron chi connectivity index (χ1n) is 6.20. The third kappa shape index (κ3) is 2.33. The molecule has 1 aromatic carbocycles. The second-order valence-corrected chi connectivity index (χ2v) is 4.81. The van der Waals surface area contributed by atoms with Gasteiger partial charge >= 0.3 is 0 Å². The van der Waals surface area contributed by atoms with E-state index in [-0.39, 0.29) is 0 Å². The van der Waals surface area contributed by atoms with Crippen molar-refractivity contribution in [2.24, 2.45) is 0 Å². The number of rotatable bonds is 1. The SMILES string of the molecule is Cc1c(-c2ccc3c(c2)OCCCO3)[nH]cnc1=S. The standard InChI is InChI=1S/C14H14N2O2S/c1-9-13(15-8-16-14(9)19)10-3-4-11-12(7-10)18-6-2-5-17-11/h3-4,7-8H,2,5-6H2,1H3,(H,15,16,19). The van der Waals surface area contributed by atoms with Gasteiger partial charge in [-0.05, 0) is 25.1 Å². The molecule has 1 aromatic heterocycles. The lowest BCUT2D eigenvalue weighted by atomic mass is 10.1. The highest BCUT2D eigenvalue weighted by Gasteiger charge is 2.12. The summed E-state index contributed by atoms with van der Waals surface area (Å²) >= 11 is 5.20. The van der Waals surface area contributed by atoms with Gasteiger partial charge in [0.1, 0.15) is 4.64 Å². The Balaban J connectivity index is 2.09. The number of H-pyrrole nitrogens is 1. The van der Waals surface area contributed by atoms with Crippen LogP contribution >= 0.6 is 12.2 Å². The number of nitrogens with zero attached hydrogens (tertiary/aromatic N) is 1. The Bertz CT molecular complexity index is 667. The molecule has 1 N–H and O–H groups in total. The summed E-state index contributed by atoms with van der Waals surface area (Å²) in [4.78, 5) is 7.21. The van der Waals surface area contributed by atoms with E-state index in [1.54, 1.807) is 6.33 Å². The van der Waals surface area contributed by atoms with E-state index in [9.17, 15) is 0 Å². The van der Waals surface area contributed by atoms with Gasteiger partial charge in [0.05, 0.1) is 25.2 Å². The number of aromatic amines is 1. The summed E-state index contributed by atoms with van der Waals surface area (Å²) in [6.45, 7) is 3.34. The van der Waals surface area contributed by atoms with E-state index in [1.807, 2.05) is 25.1 Å². The smallest absolute Gasteiger partial charge is 0.161 e. The fraction of sp³-hybridized carbons (Fsp3) is 0.286. The molecule has 0 saturated heterocycles. The minimum atomic E-state index is 0.612. The molecule has 0 bridgehead atoms. The summed E-state index contributed by atoms with van der Waals surface area (Å²) in [7, 11) is 0. The molecule has 0 spiro atoms. The largest absolute Gasteiger partial charge is 0.490 e. The van der Waals surface area contributed by atoms with E-state index in [2.05, 4.69) is 9.97 Å². The van der Waals surface area contributed by atoms with Gasteiger partial charge in [-0.25, -0.2) is 4.98 Å². The molecule has 3 rings (SSSR count). The summed E-state index contributed by atoms with van der Waals surface area (Å²) < 4.78 is 11.9. The zero-order chi connectivity index (χ0) is 13.2. The monoisotopic (exact) mass is 274 g/mol. The first kappa shape index (κ1) is 12.2. The van der Waals surface area contributed by atoms with Crippen molar-refractivity contribution in [3.63, 3.8) is 0 Å².